The summed E-state index contributed by atoms with van der Waals surface area (Å²) < 4.78 is 20.1. The third-order valence-corrected chi connectivity index (χ3v) is 6.98. The minimum atomic E-state index is -0.713. The number of halogens is 2. The smallest absolute Gasteiger partial charge is 0.277 e. The van der Waals surface area contributed by atoms with Gasteiger partial charge in [0.2, 0.25) is 5.95 Å². The lowest BCUT2D eigenvalue weighted by atomic mass is 9.82. The number of imidazole rings is 1. The second-order valence-corrected chi connectivity index (χ2v) is 9.23. The van der Waals surface area contributed by atoms with Crippen molar-refractivity contribution in [3.05, 3.63) is 52.1 Å². The first kappa shape index (κ1) is 18.9. The average Bonchev–Trinajstić information content (AvgIpc) is 3.45. The van der Waals surface area contributed by atoms with E-state index in [4.69, 9.17) is 11.6 Å². The number of pyridine rings is 1. The molecule has 0 aromatic carbocycles. The Kier molecular flexibility index (Phi) is 4.58. The van der Waals surface area contributed by atoms with Crippen molar-refractivity contribution in [2.45, 2.75) is 6.54 Å². The number of aromatic nitrogens is 3. The third-order valence-electron chi connectivity index (χ3n) is 6.03. The predicted octanol–water partition coefficient (Wildman–Crippen LogP) is 2.15. The summed E-state index contributed by atoms with van der Waals surface area (Å²) in [7, 11) is 0. The Morgan fingerprint density at radius 3 is 2.93 bits per heavy atom. The van der Waals surface area contributed by atoms with E-state index in [1.54, 1.807) is 23.2 Å². The van der Waals surface area contributed by atoms with Gasteiger partial charge in [-0.15, -0.1) is 0 Å². The van der Waals surface area contributed by atoms with Gasteiger partial charge in [-0.2, -0.15) is 4.39 Å². The van der Waals surface area contributed by atoms with E-state index in [9.17, 15) is 14.3 Å². The van der Waals surface area contributed by atoms with Crippen molar-refractivity contribution in [1.82, 2.24) is 23.6 Å². The molecular formula is C19H19ClFN5O2S. The molecule has 2 unspecified atom stereocenters. The van der Waals surface area contributed by atoms with E-state index in [1.165, 1.54) is 27.0 Å². The molecule has 29 heavy (non-hydrogen) atoms. The number of aliphatic hydroxyl groups is 1. The Bertz CT molecular complexity index is 1070. The van der Waals surface area contributed by atoms with Crippen LogP contribution in [-0.4, -0.2) is 67.4 Å². The van der Waals surface area contributed by atoms with Crippen LogP contribution in [0.25, 0.3) is 5.65 Å². The predicted molar refractivity (Wildman–Crippen MR) is 106 cm³/mol. The van der Waals surface area contributed by atoms with E-state index in [0.717, 1.165) is 13.1 Å². The van der Waals surface area contributed by atoms with E-state index in [1.807, 2.05) is 6.07 Å². The van der Waals surface area contributed by atoms with Crippen molar-refractivity contribution in [1.29, 1.82) is 0 Å². The first-order valence-corrected chi connectivity index (χ1v) is 10.5. The van der Waals surface area contributed by atoms with Crippen LogP contribution in [0.3, 0.4) is 0 Å². The molecule has 3 aromatic heterocycles. The van der Waals surface area contributed by atoms with Crippen LogP contribution < -0.4 is 0 Å². The Labute approximate surface area is 175 Å². The lowest BCUT2D eigenvalue weighted by Crippen LogP contribution is -2.39. The van der Waals surface area contributed by atoms with Crippen LogP contribution in [0.15, 0.2) is 30.6 Å². The number of hydrogen-bond acceptors (Lipinski definition) is 6. The third kappa shape index (κ3) is 3.13. The number of carbonyl (C=O) groups excluding carboxylic acids is 1. The van der Waals surface area contributed by atoms with Crippen LogP contribution >= 0.6 is 23.1 Å². The van der Waals surface area contributed by atoms with E-state index in [2.05, 4.69) is 14.3 Å². The molecule has 2 atom stereocenters. The van der Waals surface area contributed by atoms with Gasteiger partial charge in [0.1, 0.15) is 5.65 Å². The first-order valence-electron chi connectivity index (χ1n) is 9.34. The molecule has 2 fully saturated rings. The van der Waals surface area contributed by atoms with Gasteiger partial charge in [-0.05, 0) is 35.6 Å². The van der Waals surface area contributed by atoms with E-state index in [0.29, 0.717) is 30.3 Å². The quantitative estimate of drug-likeness (QED) is 0.679. The van der Waals surface area contributed by atoms with Gasteiger partial charge in [0.25, 0.3) is 5.91 Å². The number of rotatable bonds is 4. The maximum Gasteiger partial charge on any atom is 0.277 e. The van der Waals surface area contributed by atoms with E-state index >= 15 is 0 Å². The van der Waals surface area contributed by atoms with Crippen LogP contribution in [0.4, 0.5) is 4.39 Å². The number of aliphatic hydroxyl groups excluding tert-OH is 1. The molecular weight excluding hydrogens is 417 g/mol. The Morgan fingerprint density at radius 1 is 1.34 bits per heavy atom. The molecule has 7 nitrogen and oxygen atoms in total. The molecule has 5 heterocycles. The van der Waals surface area contributed by atoms with Crippen molar-refractivity contribution >= 4 is 34.7 Å². The average molecular weight is 436 g/mol. The largest absolute Gasteiger partial charge is 0.396 e. The van der Waals surface area contributed by atoms with Gasteiger partial charge in [0.05, 0.1) is 11.6 Å². The van der Waals surface area contributed by atoms with Crippen LogP contribution in [0.2, 0.25) is 5.02 Å². The number of likely N-dealkylation sites (tertiary alicyclic amines) is 2. The fraction of sp³-hybridized carbons (Fsp3) is 0.421. The summed E-state index contributed by atoms with van der Waals surface area (Å²) in [4.78, 5) is 22.3. The van der Waals surface area contributed by atoms with Crippen LogP contribution in [0.1, 0.15) is 15.4 Å². The van der Waals surface area contributed by atoms with Gasteiger partial charge in [0, 0.05) is 55.4 Å². The van der Waals surface area contributed by atoms with Crippen LogP contribution in [-0.2, 0) is 6.54 Å². The zero-order chi connectivity index (χ0) is 20.2. The highest BCUT2D eigenvalue weighted by Gasteiger charge is 2.53. The lowest BCUT2D eigenvalue weighted by Gasteiger charge is -2.27. The van der Waals surface area contributed by atoms with Crippen molar-refractivity contribution in [2.75, 3.05) is 32.8 Å². The molecule has 0 radical (unpaired) electrons. The molecule has 5 rings (SSSR count). The molecule has 2 aliphatic heterocycles. The molecule has 10 heteroatoms. The minimum absolute atomic E-state index is 0.0100. The molecule has 2 aliphatic rings. The van der Waals surface area contributed by atoms with Crippen molar-refractivity contribution < 1.29 is 14.3 Å². The zero-order valence-electron chi connectivity index (χ0n) is 15.5. The number of nitrogens with zero attached hydrogens (tertiary/aromatic N) is 5. The van der Waals surface area contributed by atoms with E-state index in [-0.39, 0.29) is 23.6 Å². The van der Waals surface area contributed by atoms with Gasteiger partial charge < -0.3 is 10.0 Å². The number of carbonyl (C=O) groups is 1. The van der Waals surface area contributed by atoms with Gasteiger partial charge in [-0.3, -0.25) is 14.1 Å². The molecule has 2 saturated heterocycles. The number of amides is 1. The molecule has 0 bridgehead atoms. The SMILES string of the molecule is O=C(c1nc2ccc(Cl)cn2c1F)N1CC2CN(Cc3ccns3)CC2(CO)C1. The van der Waals surface area contributed by atoms with Crippen molar-refractivity contribution in [3.8, 4) is 0 Å². The Morgan fingerprint density at radius 2 is 2.21 bits per heavy atom. The first-order chi connectivity index (χ1) is 14.0. The maximum atomic E-state index is 14.8. The Balaban J connectivity index is 1.35. The second-order valence-electron chi connectivity index (χ2n) is 7.88. The summed E-state index contributed by atoms with van der Waals surface area (Å²) in [5, 5.41) is 10.5. The molecule has 0 spiro atoms. The van der Waals surface area contributed by atoms with Gasteiger partial charge in [-0.25, -0.2) is 9.36 Å². The van der Waals surface area contributed by atoms with Gasteiger partial charge >= 0.3 is 0 Å². The highest BCUT2D eigenvalue weighted by atomic mass is 35.5. The van der Waals surface area contributed by atoms with Gasteiger partial charge in [0.15, 0.2) is 5.69 Å². The summed E-state index contributed by atoms with van der Waals surface area (Å²) in [6.07, 6.45) is 3.19. The summed E-state index contributed by atoms with van der Waals surface area (Å²) in [5.74, 6) is -1.02. The Hall–Kier alpha value is -2.07. The lowest BCUT2D eigenvalue weighted by molar-refractivity contribution is 0.0709. The summed E-state index contributed by atoms with van der Waals surface area (Å²) >= 11 is 7.40. The number of hydrogen-bond donors (Lipinski definition) is 1. The van der Waals surface area contributed by atoms with Crippen LogP contribution in [0, 0.1) is 17.3 Å². The molecule has 1 amide bonds. The fourth-order valence-corrected chi connectivity index (χ4v) is 5.39. The zero-order valence-corrected chi connectivity index (χ0v) is 17.0. The molecule has 3 aromatic rings. The topological polar surface area (TPSA) is 74.0 Å². The maximum absolute atomic E-state index is 14.8. The molecule has 0 aliphatic carbocycles. The normalized spacial score (nSPS) is 24.5. The molecule has 152 valence electrons. The highest BCUT2D eigenvalue weighted by Crippen LogP contribution is 2.43. The van der Waals surface area contributed by atoms with Gasteiger partial charge in [-0.1, -0.05) is 11.6 Å². The van der Waals surface area contributed by atoms with Crippen molar-refractivity contribution in [3.63, 3.8) is 0 Å². The second kappa shape index (κ2) is 7.02. The standard InChI is InChI=1S/C19H19ClFN5O2S/c20-13-1-2-15-23-16(17(21)26(15)7-13)18(28)25-6-12-5-24(8-14-3-4-22-29-14)9-19(12,10-25)11-27/h1-4,7,12,27H,5-6,8-11H2. The summed E-state index contributed by atoms with van der Waals surface area (Å²) in [6, 6.07) is 5.18. The molecule has 0 saturated carbocycles. The molecule has 1 N–H and O–H groups in total. The van der Waals surface area contributed by atoms with Crippen molar-refractivity contribution in [2.24, 2.45) is 11.3 Å². The summed E-state index contributed by atoms with van der Waals surface area (Å²) in [6.45, 7) is 3.13. The number of fused-ring (bicyclic) bond motifs is 2. The summed E-state index contributed by atoms with van der Waals surface area (Å²) in [5.41, 5.74) is -0.261. The minimum Gasteiger partial charge on any atom is -0.396 e. The fourth-order valence-electron chi connectivity index (χ4n) is 4.61. The monoisotopic (exact) mass is 435 g/mol. The van der Waals surface area contributed by atoms with E-state index < -0.39 is 11.9 Å². The highest BCUT2D eigenvalue weighted by molar-refractivity contribution is 7.05. The van der Waals surface area contributed by atoms with Crippen LogP contribution in [0.5, 0.6) is 0 Å².